The molecule has 0 saturated carbocycles. The number of esters is 1. The van der Waals surface area contributed by atoms with E-state index in [0.29, 0.717) is 17.0 Å². The molecule has 106 valence electrons. The van der Waals surface area contributed by atoms with E-state index in [0.717, 1.165) is 22.9 Å². The van der Waals surface area contributed by atoms with Crippen LogP contribution in [0.5, 0.6) is 0 Å². The Labute approximate surface area is 121 Å². The number of methoxy groups -OCH3 is 1. The molecule has 0 fully saturated rings. The lowest BCUT2D eigenvalue weighted by atomic mass is 10.1. The van der Waals surface area contributed by atoms with Gasteiger partial charge in [0, 0.05) is 16.5 Å². The van der Waals surface area contributed by atoms with Gasteiger partial charge < -0.3 is 10.1 Å². The SMILES string of the molecule is CCCCC(=O)Nc1sc2ccccc2c1C(=O)OC. The first-order chi connectivity index (χ1) is 9.67. The van der Waals surface area contributed by atoms with Gasteiger partial charge in [0.1, 0.15) is 10.6 Å². The highest BCUT2D eigenvalue weighted by Gasteiger charge is 2.20. The smallest absolute Gasteiger partial charge is 0.341 e. The zero-order valence-electron chi connectivity index (χ0n) is 11.6. The first-order valence-corrected chi connectivity index (χ1v) is 7.38. The van der Waals surface area contributed by atoms with Gasteiger partial charge in [0.2, 0.25) is 5.91 Å². The predicted molar refractivity (Wildman–Crippen MR) is 81.3 cm³/mol. The Kier molecular flexibility index (Phi) is 4.74. The van der Waals surface area contributed by atoms with Crippen LogP contribution in [0.4, 0.5) is 5.00 Å². The van der Waals surface area contributed by atoms with Gasteiger partial charge in [-0.15, -0.1) is 11.3 Å². The number of nitrogens with one attached hydrogen (secondary N) is 1. The summed E-state index contributed by atoms with van der Waals surface area (Å²) < 4.78 is 5.78. The third kappa shape index (κ3) is 2.99. The van der Waals surface area contributed by atoms with E-state index in [1.807, 2.05) is 31.2 Å². The minimum atomic E-state index is -0.423. The maximum absolute atomic E-state index is 11.9. The third-order valence-corrected chi connectivity index (χ3v) is 4.08. The summed E-state index contributed by atoms with van der Waals surface area (Å²) in [4.78, 5) is 23.8. The molecule has 1 aromatic carbocycles. The fourth-order valence-corrected chi connectivity index (χ4v) is 3.07. The summed E-state index contributed by atoms with van der Waals surface area (Å²) in [5.74, 6) is -0.489. The molecule has 0 unspecified atom stereocenters. The van der Waals surface area contributed by atoms with Crippen molar-refractivity contribution in [2.45, 2.75) is 26.2 Å². The molecule has 4 nitrogen and oxygen atoms in total. The van der Waals surface area contributed by atoms with Crippen LogP contribution in [0, 0.1) is 0 Å². The molecule has 1 heterocycles. The zero-order valence-corrected chi connectivity index (χ0v) is 12.4. The minimum absolute atomic E-state index is 0.0661. The lowest BCUT2D eigenvalue weighted by Crippen LogP contribution is -2.13. The standard InChI is InChI=1S/C15H17NO3S/c1-3-4-9-12(17)16-14-13(15(18)19-2)10-7-5-6-8-11(10)20-14/h5-8H,3-4,9H2,1-2H3,(H,16,17). The molecular weight excluding hydrogens is 274 g/mol. The number of hydrogen-bond acceptors (Lipinski definition) is 4. The van der Waals surface area contributed by atoms with Gasteiger partial charge in [0.05, 0.1) is 7.11 Å². The van der Waals surface area contributed by atoms with Crippen molar-refractivity contribution >= 4 is 38.3 Å². The van der Waals surface area contributed by atoms with E-state index >= 15 is 0 Å². The molecule has 20 heavy (non-hydrogen) atoms. The molecule has 0 bridgehead atoms. The summed E-state index contributed by atoms with van der Waals surface area (Å²) in [6, 6.07) is 7.56. The first kappa shape index (κ1) is 14.5. The highest BCUT2D eigenvalue weighted by atomic mass is 32.1. The van der Waals surface area contributed by atoms with Crippen molar-refractivity contribution in [3.8, 4) is 0 Å². The average Bonchev–Trinajstić information content (AvgIpc) is 2.82. The van der Waals surface area contributed by atoms with Crippen molar-refractivity contribution in [1.29, 1.82) is 0 Å². The number of ether oxygens (including phenoxy) is 1. The number of rotatable bonds is 5. The summed E-state index contributed by atoms with van der Waals surface area (Å²) in [5, 5.41) is 4.21. The Bertz CT molecular complexity index is 633. The van der Waals surface area contributed by atoms with Crippen molar-refractivity contribution in [3.63, 3.8) is 0 Å². The summed E-state index contributed by atoms with van der Waals surface area (Å²) in [6.07, 6.45) is 2.26. The van der Waals surface area contributed by atoms with Crippen LogP contribution in [-0.4, -0.2) is 19.0 Å². The van der Waals surface area contributed by atoms with Crippen molar-refractivity contribution in [3.05, 3.63) is 29.8 Å². The van der Waals surface area contributed by atoms with E-state index in [1.54, 1.807) is 0 Å². The first-order valence-electron chi connectivity index (χ1n) is 6.57. The molecule has 0 atom stereocenters. The minimum Gasteiger partial charge on any atom is -0.465 e. The highest BCUT2D eigenvalue weighted by Crippen LogP contribution is 2.36. The maximum atomic E-state index is 11.9. The summed E-state index contributed by atoms with van der Waals surface area (Å²) in [7, 11) is 1.34. The Hall–Kier alpha value is -1.88. The zero-order chi connectivity index (χ0) is 14.5. The van der Waals surface area contributed by atoms with Crippen molar-refractivity contribution < 1.29 is 14.3 Å². The molecular formula is C15H17NO3S. The molecule has 0 spiro atoms. The lowest BCUT2D eigenvalue weighted by Gasteiger charge is -2.05. The number of fused-ring (bicyclic) bond motifs is 1. The van der Waals surface area contributed by atoms with Gasteiger partial charge in [0.25, 0.3) is 0 Å². The monoisotopic (exact) mass is 291 g/mol. The number of thiophene rings is 1. The lowest BCUT2D eigenvalue weighted by molar-refractivity contribution is -0.116. The predicted octanol–water partition coefficient (Wildman–Crippen LogP) is 3.82. The second-order valence-electron chi connectivity index (χ2n) is 4.45. The van der Waals surface area contributed by atoms with E-state index in [-0.39, 0.29) is 5.91 Å². The molecule has 5 heteroatoms. The van der Waals surface area contributed by atoms with Gasteiger partial charge in [-0.05, 0) is 12.5 Å². The van der Waals surface area contributed by atoms with Crippen LogP contribution in [0.3, 0.4) is 0 Å². The molecule has 0 aliphatic rings. The highest BCUT2D eigenvalue weighted by molar-refractivity contribution is 7.23. The van der Waals surface area contributed by atoms with E-state index in [4.69, 9.17) is 4.74 Å². The van der Waals surface area contributed by atoms with Crippen molar-refractivity contribution in [2.75, 3.05) is 12.4 Å². The topological polar surface area (TPSA) is 55.4 Å². The fourth-order valence-electron chi connectivity index (χ4n) is 1.96. The quantitative estimate of drug-likeness (QED) is 0.852. The fraction of sp³-hybridized carbons (Fsp3) is 0.333. The molecule has 2 rings (SSSR count). The van der Waals surface area contributed by atoms with Crippen molar-refractivity contribution in [2.24, 2.45) is 0 Å². The number of hydrogen-bond donors (Lipinski definition) is 1. The van der Waals surface area contributed by atoms with Gasteiger partial charge in [-0.2, -0.15) is 0 Å². The Balaban J connectivity index is 2.36. The third-order valence-electron chi connectivity index (χ3n) is 3.00. The van der Waals surface area contributed by atoms with Crippen LogP contribution in [0.2, 0.25) is 0 Å². The van der Waals surface area contributed by atoms with E-state index < -0.39 is 5.97 Å². The van der Waals surface area contributed by atoms with Gasteiger partial charge >= 0.3 is 5.97 Å². The molecule has 0 aliphatic carbocycles. The molecule has 1 amide bonds. The number of benzene rings is 1. The number of amides is 1. The van der Waals surface area contributed by atoms with Crippen molar-refractivity contribution in [1.82, 2.24) is 0 Å². The average molecular weight is 291 g/mol. The second kappa shape index (κ2) is 6.52. The van der Waals surface area contributed by atoms with Crippen LogP contribution < -0.4 is 5.32 Å². The molecule has 1 aromatic heterocycles. The van der Waals surface area contributed by atoms with Crippen LogP contribution in [0.25, 0.3) is 10.1 Å². The molecule has 0 aliphatic heterocycles. The largest absolute Gasteiger partial charge is 0.465 e. The summed E-state index contributed by atoms with van der Waals surface area (Å²) in [5.41, 5.74) is 0.443. The van der Waals surface area contributed by atoms with Crippen LogP contribution >= 0.6 is 11.3 Å². The van der Waals surface area contributed by atoms with E-state index in [2.05, 4.69) is 5.32 Å². The molecule has 0 radical (unpaired) electrons. The van der Waals surface area contributed by atoms with Gasteiger partial charge in [-0.3, -0.25) is 4.79 Å². The number of anilines is 1. The Morgan fingerprint density at radius 1 is 1.30 bits per heavy atom. The van der Waals surface area contributed by atoms with Gasteiger partial charge in [-0.1, -0.05) is 31.5 Å². The number of carbonyl (C=O) groups excluding carboxylic acids is 2. The van der Waals surface area contributed by atoms with E-state index in [1.165, 1.54) is 18.4 Å². The number of carbonyl (C=O) groups is 2. The van der Waals surface area contributed by atoms with E-state index in [9.17, 15) is 9.59 Å². The number of unbranched alkanes of at least 4 members (excludes halogenated alkanes) is 1. The maximum Gasteiger partial charge on any atom is 0.341 e. The molecule has 1 N–H and O–H groups in total. The summed E-state index contributed by atoms with van der Waals surface area (Å²) >= 11 is 1.40. The molecule has 2 aromatic rings. The Morgan fingerprint density at radius 3 is 2.75 bits per heavy atom. The second-order valence-corrected chi connectivity index (χ2v) is 5.50. The van der Waals surface area contributed by atoms with Gasteiger partial charge in [0.15, 0.2) is 0 Å². The van der Waals surface area contributed by atoms with Gasteiger partial charge in [-0.25, -0.2) is 4.79 Å². The van der Waals surface area contributed by atoms with Crippen LogP contribution in [-0.2, 0) is 9.53 Å². The molecule has 0 saturated heterocycles. The summed E-state index contributed by atoms with van der Waals surface area (Å²) in [6.45, 7) is 2.03. The van der Waals surface area contributed by atoms with Crippen LogP contribution in [0.15, 0.2) is 24.3 Å². The Morgan fingerprint density at radius 2 is 2.05 bits per heavy atom. The van der Waals surface area contributed by atoms with Crippen LogP contribution in [0.1, 0.15) is 36.5 Å². The normalized spacial score (nSPS) is 10.5.